The molecule has 6 rings (SSSR count). The molecule has 63 heavy (non-hydrogen) atoms. The second-order valence-corrected chi connectivity index (χ2v) is 18.1. The zero-order valence-corrected chi connectivity index (χ0v) is 37.6. The summed E-state index contributed by atoms with van der Waals surface area (Å²) in [6.07, 6.45) is 2.75. The topological polar surface area (TPSA) is 207 Å². The number of anilines is 3. The molecule has 1 aliphatic heterocycles. The maximum Gasteiger partial charge on any atom is 0.373 e. The number of fused-ring (bicyclic) bond motifs is 2. The number of nitrogens with zero attached hydrogens (tertiary/aromatic N) is 2. The summed E-state index contributed by atoms with van der Waals surface area (Å²) < 4.78 is 82.5. The molecule has 0 unspecified atom stereocenters. The molecular weight excluding hydrogens is 845 g/mol. The molecule has 2 radical (unpaired) electrons. The standard InChI is InChI=1S/C39H37BN4O10S2.C6H15N/c1-25-5-11-30(12-6-25)41-38(45)27-9-15-34-32(21-27)43(17-3-19-55(47,48)49)36(53-34)23-29(40)24-37-44(18-4-20-56(50,51)52)33-22-28(10-16-35(33)54-37)39(46)42-31-13-7-26(2)8-14-31;1-4-7(5-2)6-3/h5-16,21-24H,3-4,17-20H2,1-2H3,(H3-,41,42,45,46,47,48,49,50,51,52);4-6H2,1-3H3. The van der Waals surface area contributed by atoms with Crippen molar-refractivity contribution in [3.05, 3.63) is 131 Å². The molecule has 0 aliphatic carbocycles. The molecule has 1 aromatic heterocycles. The Morgan fingerprint density at radius 2 is 1.29 bits per heavy atom. The van der Waals surface area contributed by atoms with Crippen molar-refractivity contribution in [2.24, 2.45) is 0 Å². The van der Waals surface area contributed by atoms with Crippen molar-refractivity contribution in [3.63, 3.8) is 0 Å². The van der Waals surface area contributed by atoms with Crippen molar-refractivity contribution in [2.45, 2.75) is 54.0 Å². The monoisotopic (exact) mass is 897 g/mol. The molecule has 0 spiro atoms. The molecule has 15 nitrogen and oxygen atoms in total. The Hall–Kier alpha value is -5.79. The van der Waals surface area contributed by atoms with Gasteiger partial charge in [-0.15, -0.1) is 0 Å². The van der Waals surface area contributed by atoms with E-state index >= 15 is 0 Å². The first kappa shape index (κ1) is 48.3. The molecule has 2 amide bonds. The Labute approximate surface area is 370 Å². The maximum atomic E-state index is 13.2. The summed E-state index contributed by atoms with van der Waals surface area (Å²) >= 11 is 0. The lowest BCUT2D eigenvalue weighted by Gasteiger charge is -2.19. The summed E-state index contributed by atoms with van der Waals surface area (Å²) in [6, 6.07) is 24.0. The minimum absolute atomic E-state index is 0.0123. The van der Waals surface area contributed by atoms with E-state index in [1.165, 1.54) is 31.8 Å². The van der Waals surface area contributed by atoms with Crippen molar-refractivity contribution >= 4 is 74.1 Å². The Morgan fingerprint density at radius 3 is 1.81 bits per heavy atom. The van der Waals surface area contributed by atoms with E-state index in [-0.39, 0.29) is 54.3 Å². The third kappa shape index (κ3) is 14.1. The molecule has 0 bridgehead atoms. The first-order chi connectivity index (χ1) is 29.9. The number of aromatic nitrogens is 1. The van der Waals surface area contributed by atoms with Crippen LogP contribution in [0.3, 0.4) is 0 Å². The molecule has 5 aromatic rings. The van der Waals surface area contributed by atoms with Gasteiger partial charge in [-0.05, 0) is 102 Å². The smallest absolute Gasteiger partial charge is 0.373 e. The van der Waals surface area contributed by atoms with Gasteiger partial charge in [-0.3, -0.25) is 9.59 Å². The average Bonchev–Trinajstić information content (AvgIpc) is 3.74. The predicted molar refractivity (Wildman–Crippen MR) is 242 cm³/mol. The predicted octanol–water partition coefficient (Wildman–Crippen LogP) is 4.89. The molecule has 0 atom stereocenters. The number of hydrogen-bond acceptors (Lipinski definition) is 11. The second kappa shape index (κ2) is 21.5. The Morgan fingerprint density at radius 1 is 0.762 bits per heavy atom. The normalized spacial score (nSPS) is 13.4. The Kier molecular flexibility index (Phi) is 16.5. The van der Waals surface area contributed by atoms with Gasteiger partial charge in [-0.2, -0.15) is 4.57 Å². The number of carbonyl (C=O) groups excluding carboxylic acids is 2. The van der Waals surface area contributed by atoms with E-state index in [4.69, 9.17) is 17.0 Å². The largest absolute Gasteiger partial charge is 0.748 e. The summed E-state index contributed by atoms with van der Waals surface area (Å²) in [5.41, 5.74) is 5.08. The number of quaternary nitrogens is 1. The van der Waals surface area contributed by atoms with Crippen LogP contribution in [0, 0.1) is 13.8 Å². The van der Waals surface area contributed by atoms with Crippen LogP contribution in [0.5, 0.6) is 5.75 Å². The van der Waals surface area contributed by atoms with Crippen LogP contribution < -0.4 is 29.7 Å². The number of ether oxygens (including phenoxy) is 1. The second-order valence-electron chi connectivity index (χ2n) is 15.0. The molecule has 0 fully saturated rings. The van der Waals surface area contributed by atoms with Crippen molar-refractivity contribution < 1.29 is 54.2 Å². The minimum atomic E-state index is -4.53. The molecule has 2 heterocycles. The SMILES string of the molecule is CC[NH+](CC)CC.[B]C(=Cc1oc2ccc(C(=O)Nc3ccc(C)cc3)cc2[n+]1CCCS(=O)(=O)[O-])C=C1Oc2ccc(C(=O)Nc3ccc(C)cc3)cc2N1CCCS(=O)(=O)[O-]. The van der Waals surface area contributed by atoms with E-state index in [0.717, 1.165) is 11.1 Å². The quantitative estimate of drug-likeness (QED) is 0.0651. The highest BCUT2D eigenvalue weighted by molar-refractivity contribution is 7.85. The number of oxazole rings is 1. The molecule has 18 heteroatoms. The van der Waals surface area contributed by atoms with Gasteiger partial charge in [0.15, 0.2) is 18.2 Å². The highest BCUT2D eigenvalue weighted by atomic mass is 32.2. The van der Waals surface area contributed by atoms with Gasteiger partial charge in [0.2, 0.25) is 5.58 Å². The summed E-state index contributed by atoms with van der Waals surface area (Å²) in [4.78, 5) is 29.6. The van der Waals surface area contributed by atoms with Gasteiger partial charge in [-0.1, -0.05) is 40.9 Å². The fraction of sp³-hybridized carbons (Fsp3) is 0.311. The highest BCUT2D eigenvalue weighted by Gasteiger charge is 2.28. The summed E-state index contributed by atoms with van der Waals surface area (Å²) in [6.45, 7) is 14.4. The molecule has 0 saturated heterocycles. The fourth-order valence-electron chi connectivity index (χ4n) is 6.72. The van der Waals surface area contributed by atoms with Crippen molar-refractivity contribution in [1.29, 1.82) is 0 Å². The number of hydrogen-bond donors (Lipinski definition) is 3. The van der Waals surface area contributed by atoms with Crippen molar-refractivity contribution in [3.8, 4) is 5.75 Å². The molecule has 332 valence electrons. The number of nitrogens with one attached hydrogen (secondary N) is 3. The van der Waals surface area contributed by atoms with Gasteiger partial charge in [0.05, 0.1) is 45.6 Å². The first-order valence-electron chi connectivity index (χ1n) is 20.6. The third-order valence-electron chi connectivity index (χ3n) is 10.2. The zero-order valence-electron chi connectivity index (χ0n) is 36.0. The minimum Gasteiger partial charge on any atom is -0.748 e. The van der Waals surface area contributed by atoms with Crippen LogP contribution in [0.25, 0.3) is 17.2 Å². The van der Waals surface area contributed by atoms with Crippen LogP contribution >= 0.6 is 0 Å². The van der Waals surface area contributed by atoms with Crippen molar-refractivity contribution in [2.75, 3.05) is 53.2 Å². The number of amides is 2. The summed E-state index contributed by atoms with van der Waals surface area (Å²) in [7, 11) is -2.55. The first-order valence-corrected chi connectivity index (χ1v) is 23.7. The Balaban J connectivity index is 0.000000985. The lowest BCUT2D eigenvalue weighted by molar-refractivity contribution is -0.894. The number of benzene rings is 4. The van der Waals surface area contributed by atoms with Gasteiger partial charge >= 0.3 is 5.89 Å². The van der Waals surface area contributed by atoms with Crippen LogP contribution in [0.15, 0.2) is 107 Å². The number of allylic oxidation sites excluding steroid dienone is 2. The average molecular weight is 898 g/mol. The summed E-state index contributed by atoms with van der Waals surface area (Å²) in [5, 5.41) is 5.68. The zero-order chi connectivity index (χ0) is 45.9. The van der Waals surface area contributed by atoms with Gasteiger partial charge in [-0.25, -0.2) is 16.8 Å². The number of carbonyl (C=O) groups is 2. The summed E-state index contributed by atoms with van der Waals surface area (Å²) in [5.74, 6) is -1.43. The third-order valence-corrected chi connectivity index (χ3v) is 11.8. The lowest BCUT2D eigenvalue weighted by Crippen LogP contribution is -3.11. The molecule has 3 N–H and O–H groups in total. The highest BCUT2D eigenvalue weighted by Crippen LogP contribution is 2.40. The van der Waals surface area contributed by atoms with Gasteiger partial charge < -0.3 is 38.7 Å². The van der Waals surface area contributed by atoms with Crippen LogP contribution in [0.2, 0.25) is 0 Å². The van der Waals surface area contributed by atoms with Crippen LogP contribution in [-0.4, -0.2) is 83.3 Å². The fourth-order valence-corrected chi connectivity index (χ4v) is 7.68. The van der Waals surface area contributed by atoms with E-state index in [0.29, 0.717) is 33.9 Å². The van der Waals surface area contributed by atoms with E-state index in [1.807, 2.05) is 38.1 Å². The maximum absolute atomic E-state index is 13.2. The van der Waals surface area contributed by atoms with Crippen LogP contribution in [0.4, 0.5) is 17.1 Å². The van der Waals surface area contributed by atoms with E-state index in [1.54, 1.807) is 75.0 Å². The molecular formula is C45H52BN5O10S2. The van der Waals surface area contributed by atoms with Gasteiger partial charge in [0.1, 0.15) is 7.85 Å². The van der Waals surface area contributed by atoms with E-state index in [2.05, 4.69) is 31.4 Å². The lowest BCUT2D eigenvalue weighted by atomic mass is 9.95. The van der Waals surface area contributed by atoms with Gasteiger partial charge in [0.25, 0.3) is 17.3 Å². The van der Waals surface area contributed by atoms with Crippen molar-refractivity contribution in [1.82, 2.24) is 0 Å². The molecule has 0 saturated carbocycles. The molecule has 1 aliphatic rings. The molecule has 4 aromatic carbocycles. The van der Waals surface area contributed by atoms with Gasteiger partial charge in [0, 0.05) is 59.1 Å². The van der Waals surface area contributed by atoms with Crippen LogP contribution in [-0.2, 0) is 26.8 Å². The number of aryl methyl sites for hydroxylation is 3. The van der Waals surface area contributed by atoms with E-state index < -0.39 is 43.6 Å². The number of rotatable bonds is 17. The van der Waals surface area contributed by atoms with Crippen LogP contribution in [0.1, 0.15) is 71.3 Å². The Bertz CT molecular complexity index is 2690. The van der Waals surface area contributed by atoms with E-state index in [9.17, 15) is 35.5 Å².